The number of nitrogens with zero attached hydrogens (tertiary/aromatic N) is 1. The molecule has 0 aliphatic heterocycles. The van der Waals surface area contributed by atoms with Gasteiger partial charge < -0.3 is 5.43 Å². The van der Waals surface area contributed by atoms with Crippen LogP contribution in [0.4, 0.5) is 0 Å². The first-order valence-electron chi connectivity index (χ1n) is 5.40. The molecule has 1 N–H and O–H groups in total. The Morgan fingerprint density at radius 2 is 1.82 bits per heavy atom. The molecule has 1 aromatic heterocycles. The van der Waals surface area contributed by atoms with E-state index in [0.29, 0.717) is 0 Å². The van der Waals surface area contributed by atoms with Crippen molar-refractivity contribution in [2.45, 2.75) is 20.4 Å². The number of aromatic nitrogens is 1. The minimum atomic E-state index is 0.734. The summed E-state index contributed by atoms with van der Waals surface area (Å²) in [5.41, 5.74) is 6.91. The Bertz CT molecular complexity index is 515. The van der Waals surface area contributed by atoms with Crippen LogP contribution < -0.4 is 5.43 Å². The van der Waals surface area contributed by atoms with Gasteiger partial charge in [-0.3, -0.25) is 4.68 Å². The van der Waals surface area contributed by atoms with Gasteiger partial charge in [-0.1, -0.05) is 27.5 Å². The summed E-state index contributed by atoms with van der Waals surface area (Å²) >= 11 is 9.51. The van der Waals surface area contributed by atoms with Gasteiger partial charge in [0.05, 0.1) is 6.54 Å². The number of aryl methyl sites for hydroxylation is 2. The van der Waals surface area contributed by atoms with Gasteiger partial charge in [-0.25, -0.2) is 0 Å². The fourth-order valence-electron chi connectivity index (χ4n) is 1.76. The maximum atomic E-state index is 5.98. The number of halogens is 2. The average molecular weight is 314 g/mol. The molecule has 0 amide bonds. The van der Waals surface area contributed by atoms with E-state index in [1.165, 1.54) is 11.4 Å². The Hall–Kier alpha value is -0.930. The highest BCUT2D eigenvalue weighted by Crippen LogP contribution is 2.21. The van der Waals surface area contributed by atoms with E-state index in [-0.39, 0.29) is 0 Å². The Labute approximate surface area is 115 Å². The van der Waals surface area contributed by atoms with Crippen LogP contribution in [0.3, 0.4) is 0 Å². The van der Waals surface area contributed by atoms with Crippen molar-refractivity contribution in [2.75, 3.05) is 5.43 Å². The van der Waals surface area contributed by atoms with Crippen molar-refractivity contribution in [1.82, 2.24) is 4.68 Å². The van der Waals surface area contributed by atoms with Crippen LogP contribution in [0.2, 0.25) is 5.02 Å². The van der Waals surface area contributed by atoms with Crippen LogP contribution in [0, 0.1) is 13.8 Å². The molecule has 2 aromatic rings. The molecule has 0 spiro atoms. The standard InChI is InChI=1S/C13H14BrClN2/c1-9-3-4-10(2)17(9)16-8-11-7-12(15)5-6-13(11)14/h3-7,16H,8H2,1-2H3. The Kier molecular flexibility index (Phi) is 3.79. The average Bonchev–Trinajstić information content (AvgIpc) is 2.61. The Morgan fingerprint density at radius 3 is 2.47 bits per heavy atom. The van der Waals surface area contributed by atoms with Crippen molar-refractivity contribution in [3.63, 3.8) is 0 Å². The van der Waals surface area contributed by atoms with Crippen LogP contribution in [-0.2, 0) is 6.54 Å². The molecule has 1 aromatic carbocycles. The van der Waals surface area contributed by atoms with Gasteiger partial charge >= 0.3 is 0 Å². The van der Waals surface area contributed by atoms with Crippen molar-refractivity contribution >= 4 is 27.5 Å². The molecule has 0 radical (unpaired) electrons. The Morgan fingerprint density at radius 1 is 1.18 bits per heavy atom. The molecule has 0 saturated heterocycles. The first-order valence-corrected chi connectivity index (χ1v) is 6.58. The summed E-state index contributed by atoms with van der Waals surface area (Å²) in [6, 6.07) is 9.99. The molecule has 1 heterocycles. The summed E-state index contributed by atoms with van der Waals surface area (Å²) in [5.74, 6) is 0. The van der Waals surface area contributed by atoms with Gasteiger partial charge in [-0.2, -0.15) is 0 Å². The maximum absolute atomic E-state index is 5.98. The number of rotatable bonds is 3. The van der Waals surface area contributed by atoms with Crippen molar-refractivity contribution in [3.8, 4) is 0 Å². The first kappa shape index (κ1) is 12.5. The number of hydrogen-bond acceptors (Lipinski definition) is 1. The van der Waals surface area contributed by atoms with E-state index in [4.69, 9.17) is 11.6 Å². The topological polar surface area (TPSA) is 17.0 Å². The summed E-state index contributed by atoms with van der Waals surface area (Å²) in [4.78, 5) is 0. The highest BCUT2D eigenvalue weighted by atomic mass is 79.9. The van der Waals surface area contributed by atoms with Crippen LogP contribution >= 0.6 is 27.5 Å². The molecule has 0 unspecified atom stereocenters. The lowest BCUT2D eigenvalue weighted by Crippen LogP contribution is -2.17. The van der Waals surface area contributed by atoms with Gasteiger partial charge in [0, 0.05) is 20.9 Å². The lowest BCUT2D eigenvalue weighted by Gasteiger charge is -2.13. The molecule has 0 atom stereocenters. The van der Waals surface area contributed by atoms with Crippen LogP contribution in [0.25, 0.3) is 0 Å². The molecule has 17 heavy (non-hydrogen) atoms. The fraction of sp³-hybridized carbons (Fsp3) is 0.231. The summed E-state index contributed by atoms with van der Waals surface area (Å²) in [5, 5.41) is 0.756. The molecule has 0 aliphatic carbocycles. The molecule has 4 heteroatoms. The van der Waals surface area contributed by atoms with Gasteiger partial charge in [0.1, 0.15) is 0 Å². The van der Waals surface area contributed by atoms with E-state index in [1.54, 1.807) is 0 Å². The highest BCUT2D eigenvalue weighted by molar-refractivity contribution is 9.10. The van der Waals surface area contributed by atoms with E-state index in [1.807, 2.05) is 18.2 Å². The molecule has 90 valence electrons. The lowest BCUT2D eigenvalue weighted by molar-refractivity contribution is 0.791. The summed E-state index contributed by atoms with van der Waals surface area (Å²) < 4.78 is 3.14. The molecule has 0 bridgehead atoms. The molecular weight excluding hydrogens is 300 g/mol. The minimum Gasteiger partial charge on any atom is -0.321 e. The minimum absolute atomic E-state index is 0.734. The predicted molar refractivity (Wildman–Crippen MR) is 76.1 cm³/mol. The van der Waals surface area contributed by atoms with Crippen LogP contribution in [0.15, 0.2) is 34.8 Å². The van der Waals surface area contributed by atoms with Crippen molar-refractivity contribution < 1.29 is 0 Å². The quantitative estimate of drug-likeness (QED) is 0.895. The molecule has 2 rings (SSSR count). The molecule has 0 aliphatic rings. The van der Waals surface area contributed by atoms with Crippen LogP contribution in [-0.4, -0.2) is 4.68 Å². The van der Waals surface area contributed by atoms with Crippen molar-refractivity contribution in [1.29, 1.82) is 0 Å². The van der Waals surface area contributed by atoms with Crippen LogP contribution in [0.5, 0.6) is 0 Å². The van der Waals surface area contributed by atoms with Gasteiger partial charge in [0.2, 0.25) is 0 Å². The monoisotopic (exact) mass is 312 g/mol. The molecule has 0 fully saturated rings. The maximum Gasteiger partial charge on any atom is 0.0575 e. The summed E-state index contributed by atoms with van der Waals surface area (Å²) in [6.45, 7) is 4.89. The van der Waals surface area contributed by atoms with Crippen LogP contribution in [0.1, 0.15) is 17.0 Å². The van der Waals surface area contributed by atoms with Gasteiger partial charge in [0.15, 0.2) is 0 Å². The van der Waals surface area contributed by atoms with Gasteiger partial charge in [0.25, 0.3) is 0 Å². The third kappa shape index (κ3) is 2.85. The summed E-state index contributed by atoms with van der Waals surface area (Å²) in [6.07, 6.45) is 0. The number of hydrogen-bond donors (Lipinski definition) is 1. The second-order valence-electron chi connectivity index (χ2n) is 4.02. The predicted octanol–water partition coefficient (Wildman–Crippen LogP) is 4.26. The normalized spacial score (nSPS) is 10.6. The fourth-order valence-corrected chi connectivity index (χ4v) is 2.34. The molecule has 0 saturated carbocycles. The summed E-state index contributed by atoms with van der Waals surface area (Å²) in [7, 11) is 0. The number of nitrogens with one attached hydrogen (secondary N) is 1. The van der Waals surface area contributed by atoms with E-state index < -0.39 is 0 Å². The second kappa shape index (κ2) is 5.15. The highest BCUT2D eigenvalue weighted by Gasteiger charge is 2.03. The molecule has 2 nitrogen and oxygen atoms in total. The first-order chi connectivity index (χ1) is 8.08. The van der Waals surface area contributed by atoms with Crippen molar-refractivity contribution in [2.24, 2.45) is 0 Å². The van der Waals surface area contributed by atoms with E-state index in [0.717, 1.165) is 21.6 Å². The second-order valence-corrected chi connectivity index (χ2v) is 5.31. The lowest BCUT2D eigenvalue weighted by atomic mass is 10.2. The zero-order valence-electron chi connectivity index (χ0n) is 9.80. The third-order valence-electron chi connectivity index (χ3n) is 2.71. The largest absolute Gasteiger partial charge is 0.321 e. The smallest absolute Gasteiger partial charge is 0.0575 e. The van der Waals surface area contributed by atoms with E-state index in [9.17, 15) is 0 Å². The van der Waals surface area contributed by atoms with E-state index in [2.05, 4.69) is 52.0 Å². The third-order valence-corrected chi connectivity index (χ3v) is 3.72. The zero-order valence-corrected chi connectivity index (χ0v) is 12.1. The van der Waals surface area contributed by atoms with Gasteiger partial charge in [-0.15, -0.1) is 0 Å². The zero-order chi connectivity index (χ0) is 12.4. The SMILES string of the molecule is Cc1ccc(C)n1NCc1cc(Cl)ccc1Br. The van der Waals surface area contributed by atoms with Gasteiger partial charge in [-0.05, 0) is 49.7 Å². The molecular formula is C13H14BrClN2. The van der Waals surface area contributed by atoms with E-state index >= 15 is 0 Å². The Balaban J connectivity index is 2.15. The number of benzene rings is 1. The van der Waals surface area contributed by atoms with Crippen molar-refractivity contribution in [3.05, 3.63) is 56.8 Å².